The second-order valence-corrected chi connectivity index (χ2v) is 1.90. The van der Waals surface area contributed by atoms with Crippen LogP contribution in [0, 0.1) is 0 Å². The Morgan fingerprint density at radius 3 is 2.90 bits per heavy atom. The number of aliphatic hydroxyl groups excluding tert-OH is 1. The molecule has 0 spiro atoms. The number of hydrogen-bond donors (Lipinski definition) is 1. The summed E-state index contributed by atoms with van der Waals surface area (Å²) in [6, 6.07) is 3.51. The lowest BCUT2D eigenvalue weighted by molar-refractivity contribution is 0.265. The molecule has 0 unspecified atom stereocenters. The molecule has 0 saturated carbocycles. The molecule has 0 aliphatic heterocycles. The predicted molar refractivity (Wildman–Crippen MR) is 36.0 cm³/mol. The van der Waals surface area contributed by atoms with Crippen LogP contribution in [-0.2, 0) is 6.42 Å². The van der Waals surface area contributed by atoms with Crippen LogP contribution in [0.2, 0.25) is 0 Å². The van der Waals surface area contributed by atoms with Crippen molar-refractivity contribution in [2.24, 2.45) is 0 Å². The molecule has 0 fully saturated rings. The van der Waals surface area contributed by atoms with E-state index in [-0.39, 0.29) is 6.61 Å². The van der Waals surface area contributed by atoms with Gasteiger partial charge >= 0.3 is 0 Å². The Balaban J connectivity index is 2.59. The normalized spacial score (nSPS) is 9.80. The van der Waals surface area contributed by atoms with E-state index in [0.717, 1.165) is 5.76 Å². The Bertz CT molecular complexity index is 192. The van der Waals surface area contributed by atoms with Crippen molar-refractivity contribution in [3.05, 3.63) is 17.9 Å². The number of ether oxygens (including phenoxy) is 1. The Morgan fingerprint density at radius 2 is 2.40 bits per heavy atom. The molecule has 0 amide bonds. The molecule has 0 radical (unpaired) electrons. The maximum Gasteiger partial charge on any atom is 0.284 e. The molecule has 56 valence electrons. The van der Waals surface area contributed by atoms with Crippen molar-refractivity contribution in [2.75, 3.05) is 13.7 Å². The summed E-state index contributed by atoms with van der Waals surface area (Å²) in [7, 11) is 1.54. The van der Waals surface area contributed by atoms with Crippen LogP contribution in [0.4, 0.5) is 0 Å². The quantitative estimate of drug-likeness (QED) is 0.679. The van der Waals surface area contributed by atoms with E-state index in [0.29, 0.717) is 12.4 Å². The van der Waals surface area contributed by atoms with Gasteiger partial charge in [-0.15, -0.1) is 0 Å². The monoisotopic (exact) mass is 142 g/mol. The minimum absolute atomic E-state index is 0.108. The lowest BCUT2D eigenvalue weighted by Gasteiger charge is -1.91. The molecule has 0 saturated heterocycles. The van der Waals surface area contributed by atoms with Crippen LogP contribution in [-0.4, -0.2) is 18.8 Å². The van der Waals surface area contributed by atoms with Gasteiger partial charge in [0.1, 0.15) is 5.76 Å². The third kappa shape index (κ3) is 1.51. The summed E-state index contributed by atoms with van der Waals surface area (Å²) in [5, 5.41) is 8.50. The molecule has 10 heavy (non-hydrogen) atoms. The van der Waals surface area contributed by atoms with Crippen molar-refractivity contribution >= 4 is 0 Å². The summed E-state index contributed by atoms with van der Waals surface area (Å²) < 4.78 is 9.88. The predicted octanol–water partition coefficient (Wildman–Crippen LogP) is 0.823. The first kappa shape index (κ1) is 7.15. The van der Waals surface area contributed by atoms with E-state index in [9.17, 15) is 0 Å². The van der Waals surface area contributed by atoms with Crippen molar-refractivity contribution in [3.8, 4) is 5.95 Å². The topological polar surface area (TPSA) is 42.6 Å². The highest BCUT2D eigenvalue weighted by atomic mass is 16.6. The van der Waals surface area contributed by atoms with Gasteiger partial charge < -0.3 is 14.3 Å². The Morgan fingerprint density at radius 1 is 1.60 bits per heavy atom. The second kappa shape index (κ2) is 3.27. The van der Waals surface area contributed by atoms with Crippen molar-refractivity contribution < 1.29 is 14.3 Å². The molecule has 0 atom stereocenters. The maximum absolute atomic E-state index is 8.50. The zero-order valence-corrected chi connectivity index (χ0v) is 5.83. The van der Waals surface area contributed by atoms with Crippen molar-refractivity contribution in [3.63, 3.8) is 0 Å². The first-order chi connectivity index (χ1) is 4.86. The zero-order chi connectivity index (χ0) is 7.40. The van der Waals surface area contributed by atoms with Crippen LogP contribution in [0.5, 0.6) is 5.95 Å². The van der Waals surface area contributed by atoms with E-state index < -0.39 is 0 Å². The highest BCUT2D eigenvalue weighted by Gasteiger charge is 1.98. The SMILES string of the molecule is COc1ccc(CCO)o1. The average molecular weight is 142 g/mol. The fourth-order valence-corrected chi connectivity index (χ4v) is 0.713. The number of rotatable bonds is 3. The summed E-state index contributed by atoms with van der Waals surface area (Å²) in [5.74, 6) is 1.24. The van der Waals surface area contributed by atoms with Gasteiger partial charge in [0.05, 0.1) is 13.7 Å². The van der Waals surface area contributed by atoms with Gasteiger partial charge in [0.15, 0.2) is 0 Å². The third-order valence-corrected chi connectivity index (χ3v) is 1.20. The van der Waals surface area contributed by atoms with E-state index in [1.807, 2.05) is 0 Å². The smallest absolute Gasteiger partial charge is 0.284 e. The van der Waals surface area contributed by atoms with E-state index in [2.05, 4.69) is 0 Å². The van der Waals surface area contributed by atoms with E-state index in [4.69, 9.17) is 14.3 Å². The number of methoxy groups -OCH3 is 1. The Kier molecular flexibility index (Phi) is 2.34. The molecule has 0 aromatic carbocycles. The molecule has 1 aromatic rings. The van der Waals surface area contributed by atoms with Gasteiger partial charge in [-0.2, -0.15) is 0 Å². The highest BCUT2D eigenvalue weighted by Crippen LogP contribution is 2.14. The van der Waals surface area contributed by atoms with E-state index in [1.54, 1.807) is 19.2 Å². The van der Waals surface area contributed by atoms with Crippen LogP contribution >= 0.6 is 0 Å². The molecule has 0 aliphatic carbocycles. The molecule has 3 heteroatoms. The fourth-order valence-electron chi connectivity index (χ4n) is 0.713. The summed E-state index contributed by atoms with van der Waals surface area (Å²) in [6.07, 6.45) is 0.545. The number of aliphatic hydroxyl groups is 1. The van der Waals surface area contributed by atoms with Crippen molar-refractivity contribution in [2.45, 2.75) is 6.42 Å². The van der Waals surface area contributed by atoms with Crippen LogP contribution < -0.4 is 4.74 Å². The van der Waals surface area contributed by atoms with Crippen LogP contribution in [0.25, 0.3) is 0 Å². The highest BCUT2D eigenvalue weighted by molar-refractivity contribution is 5.11. The lowest BCUT2D eigenvalue weighted by atomic mass is 10.3. The zero-order valence-electron chi connectivity index (χ0n) is 5.83. The standard InChI is InChI=1S/C7H10O3/c1-9-7-3-2-6(10-7)4-5-8/h2-3,8H,4-5H2,1H3. The number of hydrogen-bond acceptors (Lipinski definition) is 3. The molecule has 0 aliphatic rings. The minimum Gasteiger partial charge on any atom is -0.468 e. The van der Waals surface area contributed by atoms with E-state index in [1.165, 1.54) is 0 Å². The Hall–Kier alpha value is -0.960. The van der Waals surface area contributed by atoms with Crippen molar-refractivity contribution in [1.29, 1.82) is 0 Å². The molecule has 0 bridgehead atoms. The minimum atomic E-state index is 0.108. The van der Waals surface area contributed by atoms with Crippen LogP contribution in [0.1, 0.15) is 5.76 Å². The molecule has 3 nitrogen and oxygen atoms in total. The summed E-state index contributed by atoms with van der Waals surface area (Å²) in [5.41, 5.74) is 0. The summed E-state index contributed by atoms with van der Waals surface area (Å²) in [6.45, 7) is 0.108. The second-order valence-electron chi connectivity index (χ2n) is 1.90. The molecular formula is C7H10O3. The molecule has 1 aromatic heterocycles. The van der Waals surface area contributed by atoms with E-state index >= 15 is 0 Å². The van der Waals surface area contributed by atoms with Gasteiger partial charge in [-0.1, -0.05) is 0 Å². The molecule has 1 N–H and O–H groups in total. The third-order valence-electron chi connectivity index (χ3n) is 1.20. The largest absolute Gasteiger partial charge is 0.468 e. The van der Waals surface area contributed by atoms with Gasteiger partial charge in [0, 0.05) is 12.5 Å². The van der Waals surface area contributed by atoms with Gasteiger partial charge in [-0.25, -0.2) is 0 Å². The number of furan rings is 1. The summed E-state index contributed by atoms with van der Waals surface area (Å²) >= 11 is 0. The van der Waals surface area contributed by atoms with Gasteiger partial charge in [0.25, 0.3) is 5.95 Å². The maximum atomic E-state index is 8.50. The Labute approximate surface area is 59.2 Å². The molecule has 1 heterocycles. The van der Waals surface area contributed by atoms with Crippen LogP contribution in [0.3, 0.4) is 0 Å². The summed E-state index contributed by atoms with van der Waals surface area (Å²) in [4.78, 5) is 0. The average Bonchev–Trinajstić information content (AvgIpc) is 2.37. The van der Waals surface area contributed by atoms with Crippen molar-refractivity contribution in [1.82, 2.24) is 0 Å². The van der Waals surface area contributed by atoms with Gasteiger partial charge in [-0.05, 0) is 6.07 Å². The van der Waals surface area contributed by atoms with Gasteiger partial charge in [0.2, 0.25) is 0 Å². The molecule has 1 rings (SSSR count). The first-order valence-electron chi connectivity index (χ1n) is 3.10. The fraction of sp³-hybridized carbons (Fsp3) is 0.429. The molecular weight excluding hydrogens is 132 g/mol. The van der Waals surface area contributed by atoms with Crippen LogP contribution in [0.15, 0.2) is 16.5 Å². The first-order valence-corrected chi connectivity index (χ1v) is 3.10. The lowest BCUT2D eigenvalue weighted by Crippen LogP contribution is -1.86. The van der Waals surface area contributed by atoms with Gasteiger partial charge in [-0.3, -0.25) is 0 Å².